The summed E-state index contributed by atoms with van der Waals surface area (Å²) in [6, 6.07) is 18.6. The second kappa shape index (κ2) is 8.02. The van der Waals surface area contributed by atoms with Gasteiger partial charge in [0.05, 0.1) is 19.9 Å². The van der Waals surface area contributed by atoms with Crippen LogP contribution < -0.4 is 15.5 Å². The number of amides is 1. The van der Waals surface area contributed by atoms with Gasteiger partial charge in [-0.2, -0.15) is 5.10 Å². The molecule has 0 aliphatic rings. The first kappa shape index (κ1) is 17.3. The van der Waals surface area contributed by atoms with Gasteiger partial charge < -0.3 is 15.2 Å². The van der Waals surface area contributed by atoms with Crippen LogP contribution in [0.2, 0.25) is 0 Å². The summed E-state index contributed by atoms with van der Waals surface area (Å²) in [5, 5.41) is 18.9. The number of anilines is 1. The molecule has 3 aromatic carbocycles. The molecule has 0 spiro atoms. The molecule has 0 bridgehead atoms. The number of aromatic hydroxyl groups is 1. The smallest absolute Gasteiger partial charge is 0.259 e. The van der Waals surface area contributed by atoms with Crippen molar-refractivity contribution in [3.8, 4) is 11.5 Å². The fraction of sp³-hybridized carbons (Fsp3) is 0.100. The Morgan fingerprint density at radius 1 is 1.15 bits per heavy atom. The zero-order valence-electron chi connectivity index (χ0n) is 14.3. The Labute approximate surface area is 151 Å². The third kappa shape index (κ3) is 4.10. The summed E-state index contributed by atoms with van der Waals surface area (Å²) in [5.41, 5.74) is 3.76. The summed E-state index contributed by atoms with van der Waals surface area (Å²) in [6.07, 6.45) is 1.37. The number of methoxy groups -OCH3 is 1. The minimum Gasteiger partial charge on any atom is -0.507 e. The van der Waals surface area contributed by atoms with Gasteiger partial charge in [-0.15, -0.1) is 0 Å². The highest BCUT2D eigenvalue weighted by Crippen LogP contribution is 2.23. The van der Waals surface area contributed by atoms with E-state index in [1.807, 2.05) is 42.5 Å². The molecule has 3 aromatic rings. The van der Waals surface area contributed by atoms with E-state index in [1.165, 1.54) is 19.4 Å². The average Bonchev–Trinajstić information content (AvgIpc) is 2.67. The Balaban J connectivity index is 1.59. The van der Waals surface area contributed by atoms with Crippen LogP contribution in [0.3, 0.4) is 0 Å². The van der Waals surface area contributed by atoms with Gasteiger partial charge in [0.15, 0.2) is 0 Å². The Hall–Kier alpha value is -3.54. The van der Waals surface area contributed by atoms with Gasteiger partial charge in [-0.25, -0.2) is 5.43 Å². The molecule has 3 N–H and O–H groups in total. The molecule has 0 heterocycles. The molecule has 26 heavy (non-hydrogen) atoms. The standard InChI is InChI=1S/C20H19N3O3/c1-26-16-9-10-19(24)15(11-16)12-22-23-20(25)13-21-18-8-4-6-14-5-2-3-7-17(14)18/h2-12,21,24H,13H2,1H3,(H,23,25). The molecule has 0 atom stereocenters. The highest BCUT2D eigenvalue weighted by Gasteiger charge is 2.04. The molecule has 6 heteroatoms. The molecule has 0 aliphatic heterocycles. The summed E-state index contributed by atoms with van der Waals surface area (Å²) in [5.74, 6) is 0.349. The summed E-state index contributed by atoms with van der Waals surface area (Å²) < 4.78 is 5.09. The van der Waals surface area contributed by atoms with Crippen molar-refractivity contribution in [2.24, 2.45) is 5.10 Å². The zero-order valence-corrected chi connectivity index (χ0v) is 14.3. The monoisotopic (exact) mass is 349 g/mol. The maximum atomic E-state index is 12.0. The van der Waals surface area contributed by atoms with Crippen molar-refractivity contribution in [1.82, 2.24) is 5.43 Å². The number of ether oxygens (including phenoxy) is 1. The van der Waals surface area contributed by atoms with Crippen molar-refractivity contribution in [2.75, 3.05) is 19.0 Å². The normalized spacial score (nSPS) is 10.8. The van der Waals surface area contributed by atoms with E-state index >= 15 is 0 Å². The fourth-order valence-corrected chi connectivity index (χ4v) is 2.53. The van der Waals surface area contributed by atoms with Gasteiger partial charge in [0.25, 0.3) is 5.91 Å². The minimum atomic E-state index is -0.295. The Bertz CT molecular complexity index is 949. The van der Waals surface area contributed by atoms with Crippen LogP contribution in [0.4, 0.5) is 5.69 Å². The number of nitrogens with one attached hydrogen (secondary N) is 2. The molecule has 1 amide bonds. The minimum absolute atomic E-state index is 0.0534. The first-order chi connectivity index (χ1) is 12.7. The van der Waals surface area contributed by atoms with Gasteiger partial charge in [-0.3, -0.25) is 4.79 Å². The van der Waals surface area contributed by atoms with E-state index in [4.69, 9.17) is 4.74 Å². The molecule has 0 fully saturated rings. The quantitative estimate of drug-likeness (QED) is 0.472. The van der Waals surface area contributed by atoms with Crippen molar-refractivity contribution < 1.29 is 14.6 Å². The summed E-state index contributed by atoms with van der Waals surface area (Å²) in [7, 11) is 1.54. The highest BCUT2D eigenvalue weighted by molar-refractivity contribution is 5.95. The van der Waals surface area contributed by atoms with Crippen LogP contribution in [0.25, 0.3) is 10.8 Å². The maximum absolute atomic E-state index is 12.0. The van der Waals surface area contributed by atoms with E-state index in [-0.39, 0.29) is 18.2 Å². The number of phenols is 1. The van der Waals surface area contributed by atoms with Crippen molar-refractivity contribution >= 4 is 28.6 Å². The third-order valence-corrected chi connectivity index (χ3v) is 3.86. The van der Waals surface area contributed by atoms with Crippen LogP contribution in [0.5, 0.6) is 11.5 Å². The van der Waals surface area contributed by atoms with Crippen molar-refractivity contribution in [3.63, 3.8) is 0 Å². The lowest BCUT2D eigenvalue weighted by Gasteiger charge is -2.09. The molecule has 0 aromatic heterocycles. The molecular weight excluding hydrogens is 330 g/mol. The summed E-state index contributed by atoms with van der Waals surface area (Å²) in [4.78, 5) is 12.0. The summed E-state index contributed by atoms with van der Waals surface area (Å²) >= 11 is 0. The molecular formula is C20H19N3O3. The number of phenolic OH excluding ortho intramolecular Hbond substituents is 1. The van der Waals surface area contributed by atoms with Crippen LogP contribution in [0.15, 0.2) is 65.8 Å². The third-order valence-electron chi connectivity index (χ3n) is 3.86. The Morgan fingerprint density at radius 3 is 2.81 bits per heavy atom. The Morgan fingerprint density at radius 2 is 1.96 bits per heavy atom. The zero-order chi connectivity index (χ0) is 18.4. The first-order valence-electron chi connectivity index (χ1n) is 8.08. The number of carbonyl (C=O) groups is 1. The largest absolute Gasteiger partial charge is 0.507 e. The van der Waals surface area contributed by atoms with Crippen LogP contribution in [-0.4, -0.2) is 30.9 Å². The summed E-state index contributed by atoms with van der Waals surface area (Å²) in [6.45, 7) is 0.0788. The SMILES string of the molecule is COc1ccc(O)c(C=NNC(=O)CNc2cccc3ccccc23)c1. The van der Waals surface area contributed by atoms with Crippen molar-refractivity contribution in [1.29, 1.82) is 0 Å². The van der Waals surface area contributed by atoms with Crippen molar-refractivity contribution in [3.05, 3.63) is 66.2 Å². The van der Waals surface area contributed by atoms with Crippen LogP contribution >= 0.6 is 0 Å². The van der Waals surface area contributed by atoms with Gasteiger partial charge in [0.1, 0.15) is 11.5 Å². The van der Waals surface area contributed by atoms with Crippen LogP contribution in [0.1, 0.15) is 5.56 Å². The number of rotatable bonds is 6. The lowest BCUT2D eigenvalue weighted by molar-refractivity contribution is -0.119. The van der Waals surface area contributed by atoms with E-state index in [0.29, 0.717) is 11.3 Å². The molecule has 0 saturated heterocycles. The lowest BCUT2D eigenvalue weighted by atomic mass is 10.1. The molecule has 0 aliphatic carbocycles. The second-order valence-corrected chi connectivity index (χ2v) is 5.60. The van der Waals surface area contributed by atoms with Gasteiger partial charge in [0, 0.05) is 16.6 Å². The van der Waals surface area contributed by atoms with Crippen LogP contribution in [0, 0.1) is 0 Å². The molecule has 3 rings (SSSR count). The Kier molecular flexibility index (Phi) is 5.34. The van der Waals surface area contributed by atoms with Gasteiger partial charge in [-0.1, -0.05) is 36.4 Å². The van der Waals surface area contributed by atoms with Crippen LogP contribution in [-0.2, 0) is 4.79 Å². The van der Waals surface area contributed by atoms with E-state index in [9.17, 15) is 9.90 Å². The topological polar surface area (TPSA) is 83.0 Å². The number of hydrazone groups is 1. The fourth-order valence-electron chi connectivity index (χ4n) is 2.53. The second-order valence-electron chi connectivity index (χ2n) is 5.60. The molecule has 0 unspecified atom stereocenters. The van der Waals surface area contributed by atoms with E-state index in [1.54, 1.807) is 12.1 Å². The van der Waals surface area contributed by atoms with Gasteiger partial charge in [-0.05, 0) is 29.7 Å². The highest BCUT2D eigenvalue weighted by atomic mass is 16.5. The number of carbonyl (C=O) groups excluding carboxylic acids is 1. The maximum Gasteiger partial charge on any atom is 0.259 e. The van der Waals surface area contributed by atoms with E-state index in [2.05, 4.69) is 15.8 Å². The first-order valence-corrected chi connectivity index (χ1v) is 8.08. The lowest BCUT2D eigenvalue weighted by Crippen LogP contribution is -2.25. The molecule has 6 nitrogen and oxygen atoms in total. The van der Waals surface area contributed by atoms with Crippen molar-refractivity contribution in [2.45, 2.75) is 0 Å². The van der Waals surface area contributed by atoms with Gasteiger partial charge in [0.2, 0.25) is 0 Å². The van der Waals surface area contributed by atoms with E-state index in [0.717, 1.165) is 16.5 Å². The number of hydrogen-bond donors (Lipinski definition) is 3. The number of nitrogens with zero attached hydrogens (tertiary/aromatic N) is 1. The molecule has 0 saturated carbocycles. The van der Waals surface area contributed by atoms with E-state index < -0.39 is 0 Å². The number of hydrogen-bond acceptors (Lipinski definition) is 5. The average molecular weight is 349 g/mol. The molecule has 132 valence electrons. The number of fused-ring (bicyclic) bond motifs is 1. The van der Waals surface area contributed by atoms with Gasteiger partial charge >= 0.3 is 0 Å². The molecule has 0 radical (unpaired) electrons. The number of benzene rings is 3. The predicted octanol–water partition coefficient (Wildman–Crippen LogP) is 3.12. The predicted molar refractivity (Wildman–Crippen MR) is 103 cm³/mol.